The Balaban J connectivity index is 2.28. The van der Waals surface area contributed by atoms with Crippen molar-refractivity contribution in [1.82, 2.24) is 14.8 Å². The molecule has 3 heterocycles. The smallest absolute Gasteiger partial charge is 0.338 e. The van der Waals surface area contributed by atoms with E-state index in [2.05, 4.69) is 16.2 Å². The Morgan fingerprint density at radius 2 is 2.35 bits per heavy atom. The number of rotatable bonds is 4. The van der Waals surface area contributed by atoms with Crippen LogP contribution in [0.15, 0.2) is 23.6 Å². The molecule has 0 unspecified atom stereocenters. The Morgan fingerprint density at radius 3 is 3.00 bits per heavy atom. The molecule has 3 rings (SSSR count). The molecule has 0 amide bonds. The van der Waals surface area contributed by atoms with Crippen molar-refractivity contribution in [1.29, 1.82) is 5.26 Å². The predicted molar refractivity (Wildman–Crippen MR) is 87.1 cm³/mol. The molecule has 0 atom stereocenters. The zero-order valence-electron chi connectivity index (χ0n) is 12.7. The number of carbonyl (C=O) groups is 1. The van der Waals surface area contributed by atoms with Gasteiger partial charge >= 0.3 is 5.97 Å². The first-order chi connectivity index (χ1) is 11.2. The maximum Gasteiger partial charge on any atom is 0.338 e. The Hall–Kier alpha value is -2.72. The van der Waals surface area contributed by atoms with Crippen LogP contribution in [-0.4, -0.2) is 27.8 Å². The lowest BCUT2D eigenvalue weighted by molar-refractivity contribution is 0.0603. The largest absolute Gasteiger partial charge is 0.465 e. The van der Waals surface area contributed by atoms with E-state index in [1.54, 1.807) is 22.1 Å². The number of nitriles is 1. The number of fused-ring (bicyclic) bond motifs is 1. The molecular weight excluding hydrogens is 312 g/mol. The van der Waals surface area contributed by atoms with Gasteiger partial charge in [0.1, 0.15) is 0 Å². The molecule has 6 nitrogen and oxygen atoms in total. The highest BCUT2D eigenvalue weighted by Crippen LogP contribution is 2.29. The van der Waals surface area contributed by atoms with Crippen LogP contribution in [-0.2, 0) is 11.3 Å². The predicted octanol–water partition coefficient (Wildman–Crippen LogP) is 3.17. The van der Waals surface area contributed by atoms with Crippen molar-refractivity contribution in [2.45, 2.75) is 19.9 Å². The number of thiophene rings is 1. The number of methoxy groups -OCH3 is 1. The first kappa shape index (κ1) is 15.2. The molecule has 23 heavy (non-hydrogen) atoms. The Morgan fingerprint density at radius 1 is 1.52 bits per heavy atom. The minimum atomic E-state index is -0.418. The van der Waals surface area contributed by atoms with Gasteiger partial charge in [-0.2, -0.15) is 10.4 Å². The van der Waals surface area contributed by atoms with Gasteiger partial charge in [-0.1, -0.05) is 6.07 Å². The third kappa shape index (κ3) is 2.69. The number of pyridine rings is 1. The molecule has 0 saturated carbocycles. The van der Waals surface area contributed by atoms with Gasteiger partial charge < -0.3 is 4.74 Å². The van der Waals surface area contributed by atoms with E-state index in [-0.39, 0.29) is 0 Å². The Labute approximate surface area is 136 Å². The highest BCUT2D eigenvalue weighted by atomic mass is 32.1. The Kier molecular flexibility index (Phi) is 4.08. The molecule has 3 aromatic rings. The number of aryl methyl sites for hydroxylation is 2. The van der Waals surface area contributed by atoms with Gasteiger partial charge in [-0.15, -0.1) is 11.3 Å². The van der Waals surface area contributed by atoms with Gasteiger partial charge in [0.25, 0.3) is 0 Å². The van der Waals surface area contributed by atoms with Crippen LogP contribution in [0.2, 0.25) is 0 Å². The lowest BCUT2D eigenvalue weighted by atomic mass is 10.1. The van der Waals surface area contributed by atoms with E-state index in [0.29, 0.717) is 41.0 Å². The summed E-state index contributed by atoms with van der Waals surface area (Å²) in [6.07, 6.45) is 0.328. The maximum atomic E-state index is 12.2. The fourth-order valence-corrected chi connectivity index (χ4v) is 3.17. The lowest BCUT2D eigenvalue weighted by Gasteiger charge is -2.06. The summed E-state index contributed by atoms with van der Waals surface area (Å²) in [4.78, 5) is 17.8. The molecule has 0 bridgehead atoms. The Bertz CT molecular complexity index is 906. The fourth-order valence-electron chi connectivity index (χ4n) is 2.49. The second-order valence-electron chi connectivity index (χ2n) is 4.94. The van der Waals surface area contributed by atoms with Gasteiger partial charge in [-0.25, -0.2) is 14.5 Å². The number of aromatic nitrogens is 3. The molecule has 0 aliphatic rings. The molecule has 0 radical (unpaired) electrons. The topological polar surface area (TPSA) is 80.8 Å². The number of carbonyl (C=O) groups excluding carboxylic acids is 1. The van der Waals surface area contributed by atoms with Crippen LogP contribution < -0.4 is 0 Å². The van der Waals surface area contributed by atoms with Crippen LogP contribution >= 0.6 is 11.3 Å². The third-order valence-corrected chi connectivity index (χ3v) is 4.38. The minimum Gasteiger partial charge on any atom is -0.465 e. The van der Waals surface area contributed by atoms with Crippen molar-refractivity contribution >= 4 is 28.3 Å². The van der Waals surface area contributed by atoms with Crippen LogP contribution in [0, 0.1) is 18.3 Å². The van der Waals surface area contributed by atoms with Gasteiger partial charge in [0.15, 0.2) is 5.65 Å². The lowest BCUT2D eigenvalue weighted by Crippen LogP contribution is -2.05. The molecule has 7 heteroatoms. The van der Waals surface area contributed by atoms with E-state index in [9.17, 15) is 4.79 Å². The molecule has 0 aliphatic carbocycles. The summed E-state index contributed by atoms with van der Waals surface area (Å²) in [6.45, 7) is 2.26. The summed E-state index contributed by atoms with van der Waals surface area (Å²) >= 11 is 1.55. The number of nitrogens with zero attached hydrogens (tertiary/aromatic N) is 4. The summed E-state index contributed by atoms with van der Waals surface area (Å²) in [5.41, 5.74) is 2.44. The second kappa shape index (κ2) is 6.18. The number of ether oxygens (including phenoxy) is 1. The molecular formula is C16H14N4O2S. The van der Waals surface area contributed by atoms with Crippen molar-refractivity contribution in [3.8, 4) is 16.6 Å². The average molecular weight is 326 g/mol. The summed E-state index contributed by atoms with van der Waals surface area (Å²) in [6, 6.07) is 7.72. The van der Waals surface area contributed by atoms with E-state index in [1.807, 2.05) is 24.4 Å². The first-order valence-corrected chi connectivity index (χ1v) is 7.91. The van der Waals surface area contributed by atoms with Gasteiger partial charge in [0, 0.05) is 0 Å². The van der Waals surface area contributed by atoms with Gasteiger partial charge in [0.05, 0.1) is 53.4 Å². The molecule has 0 spiro atoms. The van der Waals surface area contributed by atoms with Gasteiger partial charge in [-0.05, 0) is 24.4 Å². The van der Waals surface area contributed by atoms with Crippen LogP contribution in [0.4, 0.5) is 0 Å². The van der Waals surface area contributed by atoms with E-state index < -0.39 is 5.97 Å². The summed E-state index contributed by atoms with van der Waals surface area (Å²) in [5, 5.41) is 15.9. The zero-order chi connectivity index (χ0) is 16.4. The SMILES string of the molecule is COC(=O)c1cc(-c2cccs2)nc2c1c(C)nn2CCC#N. The normalized spacial score (nSPS) is 10.7. The van der Waals surface area contributed by atoms with Crippen molar-refractivity contribution in [2.75, 3.05) is 7.11 Å². The van der Waals surface area contributed by atoms with E-state index in [0.717, 1.165) is 4.88 Å². The zero-order valence-corrected chi connectivity index (χ0v) is 13.6. The summed E-state index contributed by atoms with van der Waals surface area (Å²) in [7, 11) is 1.36. The van der Waals surface area contributed by atoms with Crippen molar-refractivity contribution < 1.29 is 9.53 Å². The summed E-state index contributed by atoms with van der Waals surface area (Å²) in [5.74, 6) is -0.418. The first-order valence-electron chi connectivity index (χ1n) is 7.03. The number of hydrogen-bond donors (Lipinski definition) is 0. The minimum absolute atomic E-state index is 0.328. The fraction of sp³-hybridized carbons (Fsp3) is 0.250. The number of hydrogen-bond acceptors (Lipinski definition) is 6. The van der Waals surface area contributed by atoms with Gasteiger partial charge in [-0.3, -0.25) is 0 Å². The van der Waals surface area contributed by atoms with Crippen LogP contribution in [0.5, 0.6) is 0 Å². The molecule has 0 N–H and O–H groups in total. The van der Waals surface area contributed by atoms with Crippen LogP contribution in [0.1, 0.15) is 22.5 Å². The second-order valence-corrected chi connectivity index (χ2v) is 5.89. The molecule has 0 aromatic carbocycles. The van der Waals surface area contributed by atoms with Gasteiger partial charge in [0.2, 0.25) is 0 Å². The van der Waals surface area contributed by atoms with E-state index in [4.69, 9.17) is 10.00 Å². The van der Waals surface area contributed by atoms with E-state index >= 15 is 0 Å². The highest BCUT2D eigenvalue weighted by molar-refractivity contribution is 7.13. The van der Waals surface area contributed by atoms with Crippen molar-refractivity contribution in [3.63, 3.8) is 0 Å². The molecule has 0 fully saturated rings. The van der Waals surface area contributed by atoms with E-state index in [1.165, 1.54) is 7.11 Å². The maximum absolute atomic E-state index is 12.2. The van der Waals surface area contributed by atoms with Crippen LogP contribution in [0.3, 0.4) is 0 Å². The van der Waals surface area contributed by atoms with Crippen molar-refractivity contribution in [3.05, 3.63) is 34.8 Å². The van der Waals surface area contributed by atoms with Crippen molar-refractivity contribution in [2.24, 2.45) is 0 Å². The molecule has 0 aliphatic heterocycles. The average Bonchev–Trinajstić information content (AvgIpc) is 3.20. The number of esters is 1. The third-order valence-electron chi connectivity index (χ3n) is 3.49. The quantitative estimate of drug-likeness (QED) is 0.688. The summed E-state index contributed by atoms with van der Waals surface area (Å²) < 4.78 is 6.59. The standard InChI is InChI=1S/C16H14N4O2S/c1-10-14-11(16(21)22-2)9-12(13-5-3-8-23-13)18-15(14)20(19-10)7-4-6-17/h3,5,8-9H,4,7H2,1-2H3. The van der Waals surface area contributed by atoms with Crippen LogP contribution in [0.25, 0.3) is 21.6 Å². The monoisotopic (exact) mass is 326 g/mol. The molecule has 3 aromatic heterocycles. The highest BCUT2D eigenvalue weighted by Gasteiger charge is 2.20. The molecule has 116 valence electrons. The molecule has 0 saturated heterocycles.